The van der Waals surface area contributed by atoms with Crippen molar-refractivity contribution in [2.24, 2.45) is 0 Å². The highest BCUT2D eigenvalue weighted by Gasteiger charge is 2.14. The smallest absolute Gasteiger partial charge is 0.224 e. The van der Waals surface area contributed by atoms with Crippen LogP contribution in [-0.4, -0.2) is 5.91 Å². The molecular formula is C21H27NO. The molecule has 0 aliphatic heterocycles. The molecule has 23 heavy (non-hydrogen) atoms. The van der Waals surface area contributed by atoms with Crippen LogP contribution in [0.15, 0.2) is 30.3 Å². The van der Waals surface area contributed by atoms with Crippen molar-refractivity contribution in [1.82, 2.24) is 5.32 Å². The maximum atomic E-state index is 12.4. The van der Waals surface area contributed by atoms with Crippen molar-refractivity contribution in [2.75, 3.05) is 0 Å². The fourth-order valence-corrected chi connectivity index (χ4v) is 3.04. The quantitative estimate of drug-likeness (QED) is 0.875. The normalized spacial score (nSPS) is 12.1. The van der Waals surface area contributed by atoms with Crippen molar-refractivity contribution in [3.63, 3.8) is 0 Å². The second-order valence-corrected chi connectivity index (χ2v) is 6.69. The van der Waals surface area contributed by atoms with Gasteiger partial charge in [-0.25, -0.2) is 0 Å². The number of hydrogen-bond acceptors (Lipinski definition) is 1. The van der Waals surface area contributed by atoms with E-state index in [-0.39, 0.29) is 11.9 Å². The maximum Gasteiger partial charge on any atom is 0.224 e. The molecule has 2 aromatic rings. The van der Waals surface area contributed by atoms with Gasteiger partial charge >= 0.3 is 0 Å². The Labute approximate surface area is 139 Å². The molecule has 0 aliphatic carbocycles. The molecule has 0 spiro atoms. The third-order valence-electron chi connectivity index (χ3n) is 4.58. The third-order valence-corrected chi connectivity index (χ3v) is 4.58. The van der Waals surface area contributed by atoms with Crippen molar-refractivity contribution in [2.45, 2.75) is 54.0 Å². The summed E-state index contributed by atoms with van der Waals surface area (Å²) >= 11 is 0. The Kier molecular flexibility index (Phi) is 5.25. The zero-order chi connectivity index (χ0) is 17.1. The van der Waals surface area contributed by atoms with E-state index in [1.165, 1.54) is 33.4 Å². The summed E-state index contributed by atoms with van der Waals surface area (Å²) in [5.41, 5.74) is 8.48. The van der Waals surface area contributed by atoms with Gasteiger partial charge in [0.2, 0.25) is 5.91 Å². The highest BCUT2D eigenvalue weighted by Crippen LogP contribution is 2.22. The number of carbonyl (C=O) groups is 1. The highest BCUT2D eigenvalue weighted by atomic mass is 16.1. The van der Waals surface area contributed by atoms with Gasteiger partial charge in [0.05, 0.1) is 12.5 Å². The Balaban J connectivity index is 2.09. The van der Waals surface area contributed by atoms with Gasteiger partial charge in [-0.15, -0.1) is 0 Å². The molecule has 0 heterocycles. The van der Waals surface area contributed by atoms with Crippen LogP contribution in [0.4, 0.5) is 0 Å². The molecule has 1 atom stereocenters. The predicted octanol–water partition coefficient (Wildman–Crippen LogP) is 4.65. The summed E-state index contributed by atoms with van der Waals surface area (Å²) in [6.45, 7) is 12.5. The number of nitrogens with one attached hydrogen (secondary N) is 1. The number of benzene rings is 2. The molecule has 1 unspecified atom stereocenters. The van der Waals surface area contributed by atoms with Crippen molar-refractivity contribution in [3.8, 4) is 0 Å². The molecule has 2 nitrogen and oxygen atoms in total. The lowest BCUT2D eigenvalue weighted by Gasteiger charge is -2.19. The van der Waals surface area contributed by atoms with Gasteiger partial charge < -0.3 is 5.32 Å². The van der Waals surface area contributed by atoms with Crippen LogP contribution in [0.5, 0.6) is 0 Å². The summed E-state index contributed by atoms with van der Waals surface area (Å²) < 4.78 is 0. The molecule has 0 aliphatic rings. The van der Waals surface area contributed by atoms with Crippen molar-refractivity contribution >= 4 is 5.91 Å². The van der Waals surface area contributed by atoms with E-state index < -0.39 is 0 Å². The summed E-state index contributed by atoms with van der Waals surface area (Å²) in [5.74, 6) is 0.0714. The van der Waals surface area contributed by atoms with E-state index in [1.54, 1.807) is 0 Å². The fraction of sp³-hybridized carbons (Fsp3) is 0.381. The van der Waals surface area contributed by atoms with Gasteiger partial charge in [-0.1, -0.05) is 35.9 Å². The number of carbonyl (C=O) groups excluding carboxylic acids is 1. The Hall–Kier alpha value is -2.09. The fourth-order valence-electron chi connectivity index (χ4n) is 3.04. The Morgan fingerprint density at radius 1 is 0.913 bits per heavy atom. The van der Waals surface area contributed by atoms with Gasteiger partial charge in [0.1, 0.15) is 0 Å². The monoisotopic (exact) mass is 309 g/mol. The van der Waals surface area contributed by atoms with Crippen LogP contribution < -0.4 is 5.32 Å². The summed E-state index contributed by atoms with van der Waals surface area (Å²) in [6, 6.07) is 10.6. The van der Waals surface area contributed by atoms with Crippen LogP contribution in [0.25, 0.3) is 0 Å². The van der Waals surface area contributed by atoms with E-state index in [0.29, 0.717) is 6.42 Å². The first-order valence-corrected chi connectivity index (χ1v) is 8.21. The molecule has 0 aromatic heterocycles. The van der Waals surface area contributed by atoms with E-state index in [1.807, 2.05) is 0 Å². The van der Waals surface area contributed by atoms with E-state index in [4.69, 9.17) is 0 Å². The molecule has 1 amide bonds. The van der Waals surface area contributed by atoms with Gasteiger partial charge in [-0.05, 0) is 74.9 Å². The van der Waals surface area contributed by atoms with Crippen molar-refractivity contribution in [3.05, 3.63) is 69.3 Å². The third kappa shape index (κ3) is 4.22. The molecule has 0 bridgehead atoms. The summed E-state index contributed by atoms with van der Waals surface area (Å²) in [5, 5.41) is 3.14. The summed E-state index contributed by atoms with van der Waals surface area (Å²) in [6.07, 6.45) is 0.431. The van der Waals surface area contributed by atoms with Crippen molar-refractivity contribution in [1.29, 1.82) is 0 Å². The molecule has 2 heteroatoms. The minimum Gasteiger partial charge on any atom is -0.349 e. The Morgan fingerprint density at radius 2 is 1.57 bits per heavy atom. The van der Waals surface area contributed by atoms with E-state index in [9.17, 15) is 4.79 Å². The van der Waals surface area contributed by atoms with Gasteiger partial charge in [0.15, 0.2) is 0 Å². The topological polar surface area (TPSA) is 29.1 Å². The molecule has 122 valence electrons. The predicted molar refractivity (Wildman–Crippen MR) is 96.8 cm³/mol. The lowest BCUT2D eigenvalue weighted by Crippen LogP contribution is -2.28. The number of hydrogen-bond donors (Lipinski definition) is 1. The number of amides is 1. The largest absolute Gasteiger partial charge is 0.349 e. The highest BCUT2D eigenvalue weighted by molar-refractivity contribution is 5.79. The maximum absolute atomic E-state index is 12.4. The second-order valence-electron chi connectivity index (χ2n) is 6.69. The van der Waals surface area contributed by atoms with Gasteiger partial charge in [0.25, 0.3) is 0 Å². The van der Waals surface area contributed by atoms with Gasteiger partial charge in [-0.2, -0.15) is 0 Å². The minimum absolute atomic E-state index is 0.0209. The zero-order valence-corrected chi connectivity index (χ0v) is 15.1. The Morgan fingerprint density at radius 3 is 2.22 bits per heavy atom. The summed E-state index contributed by atoms with van der Waals surface area (Å²) in [7, 11) is 0. The molecule has 0 saturated heterocycles. The van der Waals surface area contributed by atoms with E-state index in [2.05, 4.69) is 77.2 Å². The number of aryl methyl sites for hydroxylation is 5. The molecule has 2 rings (SSSR count). The average molecular weight is 309 g/mol. The SMILES string of the molecule is Cc1ccc(CC(=O)NC(C)c2cc(C)c(C)cc2C)c(C)c1. The van der Waals surface area contributed by atoms with E-state index >= 15 is 0 Å². The van der Waals surface area contributed by atoms with Crippen LogP contribution in [0, 0.1) is 34.6 Å². The number of rotatable bonds is 4. The first kappa shape index (κ1) is 17.3. The van der Waals surface area contributed by atoms with Crippen LogP contribution in [0.3, 0.4) is 0 Å². The standard InChI is InChI=1S/C21H27NO/c1-13-7-8-19(16(4)9-13)12-21(23)22-18(6)20-11-15(3)14(2)10-17(20)5/h7-11,18H,12H2,1-6H3,(H,22,23). The minimum atomic E-state index is 0.0209. The van der Waals surface area contributed by atoms with Crippen LogP contribution in [-0.2, 0) is 11.2 Å². The lowest BCUT2D eigenvalue weighted by atomic mass is 9.96. The first-order valence-electron chi connectivity index (χ1n) is 8.21. The molecule has 0 fully saturated rings. The van der Waals surface area contributed by atoms with Crippen molar-refractivity contribution < 1.29 is 4.79 Å². The molecule has 0 saturated carbocycles. The van der Waals surface area contributed by atoms with Gasteiger partial charge in [-0.3, -0.25) is 4.79 Å². The van der Waals surface area contributed by atoms with E-state index in [0.717, 1.165) is 5.56 Å². The molecule has 2 aromatic carbocycles. The molecule has 0 radical (unpaired) electrons. The average Bonchev–Trinajstić information content (AvgIpc) is 2.45. The lowest BCUT2D eigenvalue weighted by molar-refractivity contribution is -0.121. The van der Waals surface area contributed by atoms with Crippen LogP contribution in [0.1, 0.15) is 51.9 Å². The second kappa shape index (κ2) is 6.99. The van der Waals surface area contributed by atoms with Crippen LogP contribution >= 0.6 is 0 Å². The van der Waals surface area contributed by atoms with Crippen LogP contribution in [0.2, 0.25) is 0 Å². The first-order chi connectivity index (χ1) is 10.8. The van der Waals surface area contributed by atoms with Gasteiger partial charge in [0, 0.05) is 0 Å². The Bertz CT molecular complexity index is 731. The zero-order valence-electron chi connectivity index (χ0n) is 15.1. The molecule has 1 N–H and O–H groups in total. The summed E-state index contributed by atoms with van der Waals surface area (Å²) in [4.78, 5) is 12.4. The molecular weight excluding hydrogens is 282 g/mol.